The van der Waals surface area contributed by atoms with Crippen molar-refractivity contribution in [3.63, 3.8) is 0 Å². The van der Waals surface area contributed by atoms with Crippen molar-refractivity contribution in [2.24, 2.45) is 11.3 Å². The SMILES string of the molecule is C#CC#CC#C.CCC(C)(C)CC.CCC(C)C.CCCC. The fraction of sp³-hybridized carbons (Fsp3) is 0.727. The third-order valence-electron chi connectivity index (χ3n) is 3.44. The van der Waals surface area contributed by atoms with Crippen LogP contribution in [0, 0.1) is 47.9 Å². The van der Waals surface area contributed by atoms with Crippen molar-refractivity contribution in [1.82, 2.24) is 0 Å². The minimum absolute atomic E-state index is 0.583. The molecule has 0 bridgehead atoms. The lowest BCUT2D eigenvalue weighted by Gasteiger charge is -2.18. The zero-order valence-corrected chi connectivity index (χ0v) is 16.8. The van der Waals surface area contributed by atoms with Crippen LogP contribution in [0.4, 0.5) is 0 Å². The van der Waals surface area contributed by atoms with Crippen molar-refractivity contribution in [1.29, 1.82) is 0 Å². The Bertz CT molecular complexity index is 294. The van der Waals surface area contributed by atoms with Crippen molar-refractivity contribution in [2.45, 2.75) is 94.4 Å². The van der Waals surface area contributed by atoms with E-state index in [0.29, 0.717) is 5.41 Å². The Morgan fingerprint density at radius 3 is 1.09 bits per heavy atom. The second-order valence-corrected chi connectivity index (χ2v) is 6.21. The summed E-state index contributed by atoms with van der Waals surface area (Å²) in [6.45, 7) is 20.1. The van der Waals surface area contributed by atoms with E-state index in [2.05, 4.69) is 86.0 Å². The topological polar surface area (TPSA) is 0 Å². The molecular weight excluding hydrogens is 264 g/mol. The third-order valence-corrected chi connectivity index (χ3v) is 3.44. The molecule has 0 fully saturated rings. The molecule has 22 heavy (non-hydrogen) atoms. The van der Waals surface area contributed by atoms with Crippen LogP contribution in [0.25, 0.3) is 0 Å². The highest BCUT2D eigenvalue weighted by Crippen LogP contribution is 2.22. The van der Waals surface area contributed by atoms with Gasteiger partial charge in [0.25, 0.3) is 0 Å². The smallest absolute Gasteiger partial charge is 0.00134 e. The Hall–Kier alpha value is -1.32. The minimum Gasteiger partial charge on any atom is -0.106 e. The molecule has 0 rings (SSSR count). The molecule has 0 aliphatic heterocycles. The van der Waals surface area contributed by atoms with Crippen molar-refractivity contribution in [2.75, 3.05) is 0 Å². The molecule has 128 valence electrons. The first-order valence-corrected chi connectivity index (χ1v) is 8.63. The molecule has 0 aromatic heterocycles. The summed E-state index contributed by atoms with van der Waals surface area (Å²) in [6, 6.07) is 0. The van der Waals surface area contributed by atoms with E-state index in [1.807, 2.05) is 0 Å². The van der Waals surface area contributed by atoms with Gasteiger partial charge >= 0.3 is 0 Å². The summed E-state index contributed by atoms with van der Waals surface area (Å²) in [5.41, 5.74) is 0.583. The average Bonchev–Trinajstić information content (AvgIpc) is 2.54. The van der Waals surface area contributed by atoms with Gasteiger partial charge in [-0.2, -0.15) is 0 Å². The van der Waals surface area contributed by atoms with Crippen LogP contribution in [-0.2, 0) is 0 Å². The zero-order valence-electron chi connectivity index (χ0n) is 16.8. The zero-order chi connectivity index (χ0) is 18.4. The van der Waals surface area contributed by atoms with E-state index in [1.54, 1.807) is 0 Å². The molecule has 0 saturated heterocycles. The van der Waals surface area contributed by atoms with E-state index >= 15 is 0 Å². The average molecular weight is 305 g/mol. The van der Waals surface area contributed by atoms with Gasteiger partial charge in [-0.3, -0.25) is 0 Å². The molecule has 0 N–H and O–H groups in total. The van der Waals surface area contributed by atoms with Crippen molar-refractivity contribution < 1.29 is 0 Å². The molecule has 0 saturated carbocycles. The monoisotopic (exact) mass is 304 g/mol. The highest BCUT2D eigenvalue weighted by atomic mass is 14.1. The molecule has 0 nitrogen and oxygen atoms in total. The molecule has 0 aliphatic carbocycles. The van der Waals surface area contributed by atoms with Gasteiger partial charge in [0.15, 0.2) is 0 Å². The van der Waals surface area contributed by atoms with E-state index in [0.717, 1.165) is 5.92 Å². The summed E-state index contributed by atoms with van der Waals surface area (Å²) in [6.07, 6.45) is 15.9. The molecule has 0 aromatic rings. The molecule has 0 radical (unpaired) electrons. The highest BCUT2D eigenvalue weighted by Gasteiger charge is 2.09. The highest BCUT2D eigenvalue weighted by molar-refractivity contribution is 5.31. The standard InChI is InChI=1S/C7H16.C6H2.C5H12.C4H10/c1-5-7(3,4)6-2;1-3-5-6-4-2;1-4-5(2)3;1-3-4-2/h5-6H2,1-4H3;1-2H;5H,4H2,1-3H3;3-4H2,1-2H3. The fourth-order valence-electron chi connectivity index (χ4n) is 0.322. The number of rotatable bonds is 4. The van der Waals surface area contributed by atoms with Crippen LogP contribution in [0.3, 0.4) is 0 Å². The Morgan fingerprint density at radius 1 is 0.773 bits per heavy atom. The Kier molecular flexibility index (Phi) is 32.3. The second-order valence-electron chi connectivity index (χ2n) is 6.21. The summed E-state index contributed by atoms with van der Waals surface area (Å²) in [4.78, 5) is 0. The second kappa shape index (κ2) is 24.7. The predicted molar refractivity (Wildman–Crippen MR) is 106 cm³/mol. The van der Waals surface area contributed by atoms with Gasteiger partial charge < -0.3 is 0 Å². The van der Waals surface area contributed by atoms with Crippen LogP contribution in [0.15, 0.2) is 0 Å². The van der Waals surface area contributed by atoms with E-state index in [4.69, 9.17) is 12.8 Å². The molecule has 0 unspecified atom stereocenters. The van der Waals surface area contributed by atoms with Gasteiger partial charge in [-0.05, 0) is 35.0 Å². The van der Waals surface area contributed by atoms with Gasteiger partial charge in [-0.25, -0.2) is 0 Å². The number of terminal acetylenes is 2. The molecule has 0 aromatic carbocycles. The normalized spacial score (nSPS) is 8.18. The van der Waals surface area contributed by atoms with Crippen LogP contribution in [-0.4, -0.2) is 0 Å². The Morgan fingerprint density at radius 2 is 1.05 bits per heavy atom. The quantitative estimate of drug-likeness (QED) is 0.493. The first kappa shape index (κ1) is 28.8. The lowest BCUT2D eigenvalue weighted by molar-refractivity contribution is 0.338. The number of hydrogen-bond donors (Lipinski definition) is 0. The van der Waals surface area contributed by atoms with E-state index in [-0.39, 0.29) is 0 Å². The first-order valence-electron chi connectivity index (χ1n) is 8.63. The lowest BCUT2D eigenvalue weighted by Crippen LogP contribution is -2.05. The predicted octanol–water partition coefficient (Wildman–Crippen LogP) is 6.95. The largest absolute Gasteiger partial charge is 0.106 e. The van der Waals surface area contributed by atoms with Crippen LogP contribution in [0.2, 0.25) is 0 Å². The molecule has 0 amide bonds. The molecule has 0 heteroatoms. The van der Waals surface area contributed by atoms with E-state index in [1.165, 1.54) is 32.1 Å². The Labute approximate surface area is 142 Å². The van der Waals surface area contributed by atoms with E-state index in [9.17, 15) is 0 Å². The summed E-state index contributed by atoms with van der Waals surface area (Å²) in [5, 5.41) is 0. The van der Waals surface area contributed by atoms with Crippen LogP contribution >= 0.6 is 0 Å². The molecule has 0 spiro atoms. The Balaban J connectivity index is -0.000000100. The maximum absolute atomic E-state index is 4.70. The van der Waals surface area contributed by atoms with Gasteiger partial charge in [0, 0.05) is 0 Å². The summed E-state index contributed by atoms with van der Waals surface area (Å²) in [7, 11) is 0. The van der Waals surface area contributed by atoms with Crippen LogP contribution < -0.4 is 0 Å². The van der Waals surface area contributed by atoms with Crippen molar-refractivity contribution in [3.8, 4) is 36.5 Å². The van der Waals surface area contributed by atoms with Gasteiger partial charge in [-0.15, -0.1) is 12.8 Å². The van der Waals surface area contributed by atoms with Crippen LogP contribution in [0.5, 0.6) is 0 Å². The van der Waals surface area contributed by atoms with Crippen molar-refractivity contribution in [3.05, 3.63) is 0 Å². The maximum atomic E-state index is 4.70. The number of unbranched alkanes of at least 4 members (excludes halogenated alkanes) is 1. The summed E-state index contributed by atoms with van der Waals surface area (Å²) >= 11 is 0. The lowest BCUT2D eigenvalue weighted by atomic mass is 9.88. The maximum Gasteiger partial charge on any atom is -0.00134 e. The first-order chi connectivity index (χ1) is 10.2. The molecule has 0 heterocycles. The van der Waals surface area contributed by atoms with Gasteiger partial charge in [0.2, 0.25) is 0 Å². The molecule has 0 atom stereocenters. The van der Waals surface area contributed by atoms with E-state index < -0.39 is 0 Å². The van der Waals surface area contributed by atoms with Crippen molar-refractivity contribution >= 4 is 0 Å². The molecule has 0 aliphatic rings. The minimum atomic E-state index is 0.583. The van der Waals surface area contributed by atoms with Crippen LogP contribution in [0.1, 0.15) is 94.4 Å². The third kappa shape index (κ3) is 51.2. The fourth-order valence-corrected chi connectivity index (χ4v) is 0.322. The van der Waals surface area contributed by atoms with Gasteiger partial charge in [-0.1, -0.05) is 94.4 Å². The van der Waals surface area contributed by atoms with Gasteiger partial charge in [0.1, 0.15) is 0 Å². The summed E-state index contributed by atoms with van der Waals surface area (Å²) < 4.78 is 0. The molecular formula is C22H40. The van der Waals surface area contributed by atoms with Gasteiger partial charge in [0.05, 0.1) is 0 Å². The summed E-state index contributed by atoms with van der Waals surface area (Å²) in [5.74, 6) is 9.49. The number of hydrogen-bond acceptors (Lipinski definition) is 0.